The fourth-order valence-electron chi connectivity index (χ4n) is 2.11. The molecule has 0 aliphatic rings. The number of nitrogens with zero attached hydrogens (tertiary/aromatic N) is 3. The maximum atomic E-state index is 12.5. The number of halogens is 3. The Morgan fingerprint density at radius 2 is 1.79 bits per heavy atom. The molecule has 3 aromatic rings. The Bertz CT molecular complexity index is 972. The Labute approximate surface area is 155 Å². The molecule has 0 aliphatic heterocycles. The Morgan fingerprint density at radius 1 is 1.00 bits per heavy atom. The van der Waals surface area contributed by atoms with E-state index in [0.717, 1.165) is 18.3 Å². The molecule has 3 amide bonds. The fraction of sp³-hybridized carbons (Fsp3) is 0.0625. The zero-order valence-electron chi connectivity index (χ0n) is 13.9. The average molecular weight is 391 g/mol. The van der Waals surface area contributed by atoms with Crippen molar-refractivity contribution in [2.45, 2.75) is 6.18 Å². The van der Waals surface area contributed by atoms with Crippen LogP contribution in [0.15, 0.2) is 49.1 Å². The Balaban J connectivity index is 1.65. The average Bonchev–Trinajstić information content (AvgIpc) is 3.10. The number of pyridine rings is 2. The van der Waals surface area contributed by atoms with Crippen LogP contribution in [0.3, 0.4) is 0 Å². The maximum absolute atomic E-state index is 12.5. The number of carbonyl (C=O) groups excluding carboxylic acids is 2. The molecule has 0 unspecified atom stereocenters. The molecule has 0 spiro atoms. The molecule has 0 radical (unpaired) electrons. The highest BCUT2D eigenvalue weighted by Crippen LogP contribution is 2.28. The Kier molecular flexibility index (Phi) is 5.20. The summed E-state index contributed by atoms with van der Waals surface area (Å²) in [6, 6.07) is 4.40. The van der Waals surface area contributed by atoms with E-state index in [0.29, 0.717) is 5.69 Å². The number of urea groups is 1. The Hall–Kier alpha value is -3.96. The first-order chi connectivity index (χ1) is 13.3. The van der Waals surface area contributed by atoms with Gasteiger partial charge >= 0.3 is 12.2 Å². The van der Waals surface area contributed by atoms with E-state index in [1.54, 1.807) is 12.1 Å². The van der Waals surface area contributed by atoms with Crippen LogP contribution in [0, 0.1) is 0 Å². The molecule has 3 heterocycles. The zero-order chi connectivity index (χ0) is 20.1. The number of hydrogen-bond donors (Lipinski definition) is 4. The van der Waals surface area contributed by atoms with E-state index in [-0.39, 0.29) is 17.1 Å². The molecule has 3 aromatic heterocycles. The molecule has 0 bridgehead atoms. The van der Waals surface area contributed by atoms with Crippen LogP contribution in [-0.4, -0.2) is 32.1 Å². The van der Waals surface area contributed by atoms with E-state index in [1.165, 1.54) is 18.6 Å². The van der Waals surface area contributed by atoms with Gasteiger partial charge in [0.1, 0.15) is 5.69 Å². The van der Waals surface area contributed by atoms with Crippen LogP contribution in [0.4, 0.5) is 35.0 Å². The first-order valence-electron chi connectivity index (χ1n) is 7.69. The number of anilines is 3. The highest BCUT2D eigenvalue weighted by Gasteiger charge is 2.32. The minimum Gasteiger partial charge on any atom is -0.319 e. The van der Waals surface area contributed by atoms with E-state index in [1.807, 2.05) is 0 Å². The largest absolute Gasteiger partial charge is 0.433 e. The number of alkyl halides is 3. The summed E-state index contributed by atoms with van der Waals surface area (Å²) in [6.45, 7) is 0. The third kappa shape index (κ3) is 4.60. The van der Waals surface area contributed by atoms with Gasteiger partial charge in [0, 0.05) is 12.4 Å². The van der Waals surface area contributed by atoms with Crippen LogP contribution in [0.5, 0.6) is 0 Å². The SMILES string of the molecule is O=C(Nc1cccnc1)Nc1c[nH]nc1C(=O)Nc1ccc(C(F)(F)F)nc1. The summed E-state index contributed by atoms with van der Waals surface area (Å²) in [5.74, 6) is -0.750. The molecule has 9 nitrogen and oxygen atoms in total. The number of nitrogens with one attached hydrogen (secondary N) is 4. The molecule has 0 saturated carbocycles. The van der Waals surface area contributed by atoms with Crippen LogP contribution < -0.4 is 16.0 Å². The third-order valence-corrected chi connectivity index (χ3v) is 3.33. The standard InChI is InChI=1S/C16H12F3N7O2/c17-16(18,19)12-4-3-10(7-21-12)23-14(27)13-11(8-22-26-13)25-15(28)24-9-2-1-5-20-6-9/h1-8H,(H,22,26)(H,23,27)(H2,24,25,28). The maximum Gasteiger partial charge on any atom is 0.433 e. The summed E-state index contributed by atoms with van der Waals surface area (Å²) >= 11 is 0. The topological polar surface area (TPSA) is 125 Å². The summed E-state index contributed by atoms with van der Waals surface area (Å²) in [5, 5.41) is 13.5. The molecule has 4 N–H and O–H groups in total. The van der Waals surface area contributed by atoms with Crippen molar-refractivity contribution in [2.75, 3.05) is 16.0 Å². The van der Waals surface area contributed by atoms with Gasteiger partial charge in [-0.1, -0.05) is 0 Å². The predicted molar refractivity (Wildman–Crippen MR) is 92.7 cm³/mol. The molecule has 0 aliphatic carbocycles. The van der Waals surface area contributed by atoms with Gasteiger partial charge in [-0.05, 0) is 24.3 Å². The van der Waals surface area contributed by atoms with Gasteiger partial charge in [-0.3, -0.25) is 14.9 Å². The van der Waals surface area contributed by atoms with E-state index >= 15 is 0 Å². The number of aromatic amines is 1. The number of carbonyl (C=O) groups is 2. The van der Waals surface area contributed by atoms with Crippen LogP contribution in [-0.2, 0) is 6.18 Å². The van der Waals surface area contributed by atoms with Crippen molar-refractivity contribution >= 4 is 29.0 Å². The number of aromatic nitrogens is 4. The van der Waals surface area contributed by atoms with Crippen molar-refractivity contribution in [1.29, 1.82) is 0 Å². The second-order valence-electron chi connectivity index (χ2n) is 5.35. The Morgan fingerprint density at radius 3 is 2.43 bits per heavy atom. The smallest absolute Gasteiger partial charge is 0.319 e. The van der Waals surface area contributed by atoms with E-state index in [2.05, 4.69) is 36.1 Å². The van der Waals surface area contributed by atoms with Crippen LogP contribution in [0.25, 0.3) is 0 Å². The summed E-state index contributed by atoms with van der Waals surface area (Å²) in [6.07, 6.45) is 0.541. The van der Waals surface area contributed by atoms with Gasteiger partial charge in [-0.2, -0.15) is 18.3 Å². The van der Waals surface area contributed by atoms with Crippen LogP contribution in [0.2, 0.25) is 0 Å². The van der Waals surface area contributed by atoms with Crippen molar-refractivity contribution in [2.24, 2.45) is 0 Å². The summed E-state index contributed by atoms with van der Waals surface area (Å²) in [4.78, 5) is 31.4. The highest BCUT2D eigenvalue weighted by molar-refractivity contribution is 6.09. The van der Waals surface area contributed by atoms with E-state index in [4.69, 9.17) is 0 Å². The second kappa shape index (κ2) is 7.73. The lowest BCUT2D eigenvalue weighted by atomic mass is 10.3. The van der Waals surface area contributed by atoms with Crippen LogP contribution >= 0.6 is 0 Å². The lowest BCUT2D eigenvalue weighted by molar-refractivity contribution is -0.141. The number of hydrogen-bond acceptors (Lipinski definition) is 5. The molecular formula is C16H12F3N7O2. The molecule has 28 heavy (non-hydrogen) atoms. The number of H-pyrrole nitrogens is 1. The van der Waals surface area contributed by atoms with Crippen molar-refractivity contribution < 1.29 is 22.8 Å². The molecule has 12 heteroatoms. The molecular weight excluding hydrogens is 379 g/mol. The summed E-state index contributed by atoms with van der Waals surface area (Å²) in [7, 11) is 0. The van der Waals surface area contributed by atoms with Crippen molar-refractivity contribution in [3.63, 3.8) is 0 Å². The van der Waals surface area contributed by atoms with E-state index in [9.17, 15) is 22.8 Å². The van der Waals surface area contributed by atoms with Crippen molar-refractivity contribution in [1.82, 2.24) is 20.2 Å². The molecule has 0 saturated heterocycles. The first-order valence-corrected chi connectivity index (χ1v) is 7.69. The molecule has 144 valence electrons. The monoisotopic (exact) mass is 391 g/mol. The number of amides is 3. The van der Waals surface area contributed by atoms with Crippen molar-refractivity contribution in [3.05, 3.63) is 60.4 Å². The molecule has 0 atom stereocenters. The number of rotatable bonds is 4. The fourth-order valence-corrected chi connectivity index (χ4v) is 2.11. The van der Waals surface area contributed by atoms with Gasteiger partial charge < -0.3 is 16.0 Å². The lowest BCUT2D eigenvalue weighted by Crippen LogP contribution is -2.22. The normalized spacial score (nSPS) is 11.0. The minimum absolute atomic E-state index is 0.0340. The third-order valence-electron chi connectivity index (χ3n) is 3.33. The van der Waals surface area contributed by atoms with Gasteiger partial charge in [-0.15, -0.1) is 0 Å². The minimum atomic E-state index is -4.58. The summed E-state index contributed by atoms with van der Waals surface area (Å²) in [5.41, 5.74) is -0.711. The highest BCUT2D eigenvalue weighted by atomic mass is 19.4. The predicted octanol–water partition coefficient (Wildman–Crippen LogP) is 3.11. The quantitative estimate of drug-likeness (QED) is 0.544. The van der Waals surface area contributed by atoms with Gasteiger partial charge in [0.25, 0.3) is 5.91 Å². The van der Waals surface area contributed by atoms with Gasteiger partial charge in [-0.25, -0.2) is 9.78 Å². The van der Waals surface area contributed by atoms with Crippen LogP contribution in [0.1, 0.15) is 16.2 Å². The first kappa shape index (κ1) is 18.8. The van der Waals surface area contributed by atoms with Gasteiger partial charge in [0.2, 0.25) is 0 Å². The molecule has 0 fully saturated rings. The summed E-state index contributed by atoms with van der Waals surface area (Å²) < 4.78 is 37.6. The van der Waals surface area contributed by atoms with Crippen molar-refractivity contribution in [3.8, 4) is 0 Å². The van der Waals surface area contributed by atoms with E-state index < -0.39 is 23.8 Å². The molecule has 3 rings (SSSR count). The lowest BCUT2D eigenvalue weighted by Gasteiger charge is -2.09. The second-order valence-corrected chi connectivity index (χ2v) is 5.35. The zero-order valence-corrected chi connectivity index (χ0v) is 13.9. The molecule has 0 aromatic carbocycles. The van der Waals surface area contributed by atoms with Gasteiger partial charge in [0.05, 0.1) is 29.5 Å². The van der Waals surface area contributed by atoms with Gasteiger partial charge in [0.15, 0.2) is 5.69 Å².